The fourth-order valence-corrected chi connectivity index (χ4v) is 2.04. The van der Waals surface area contributed by atoms with E-state index in [4.69, 9.17) is 11.6 Å². The molecule has 0 amide bonds. The molecule has 0 N–H and O–H groups in total. The second-order valence-electron chi connectivity index (χ2n) is 2.79. The Morgan fingerprint density at radius 3 is 2.73 bits per heavy atom. The number of pyridine rings is 1. The van der Waals surface area contributed by atoms with Crippen molar-refractivity contribution in [1.29, 1.82) is 0 Å². The van der Waals surface area contributed by atoms with Crippen LogP contribution in [-0.4, -0.2) is 9.97 Å². The minimum Gasteiger partial charge on any atom is -0.243 e. The van der Waals surface area contributed by atoms with E-state index >= 15 is 0 Å². The number of alkyl halides is 4. The van der Waals surface area contributed by atoms with Crippen LogP contribution in [0.3, 0.4) is 0 Å². The zero-order chi connectivity index (χ0) is 11.1. The van der Waals surface area contributed by atoms with Gasteiger partial charge in [-0.1, -0.05) is 11.3 Å². The number of hydrogen-bond acceptors (Lipinski definition) is 3. The lowest BCUT2D eigenvalue weighted by atomic mass is 10.3. The van der Waals surface area contributed by atoms with Gasteiger partial charge in [-0.2, -0.15) is 13.2 Å². The largest absolute Gasteiger partial charge is 0.417 e. The van der Waals surface area contributed by atoms with Gasteiger partial charge in [0.15, 0.2) is 0 Å². The summed E-state index contributed by atoms with van der Waals surface area (Å²) in [4.78, 5) is 8.09. The zero-order valence-corrected chi connectivity index (χ0v) is 8.75. The van der Waals surface area contributed by atoms with E-state index in [1.165, 1.54) is 11.3 Å². The molecule has 2 aromatic rings. The summed E-state index contributed by atoms with van der Waals surface area (Å²) in [7, 11) is 0. The first-order chi connectivity index (χ1) is 7.00. The summed E-state index contributed by atoms with van der Waals surface area (Å²) in [5.74, 6) is 0.183. The summed E-state index contributed by atoms with van der Waals surface area (Å²) in [5, 5.41) is 0.568. The normalized spacial score (nSPS) is 12.3. The Balaban J connectivity index is 2.55. The predicted molar refractivity (Wildman–Crippen MR) is 52.0 cm³/mol. The third-order valence-electron chi connectivity index (χ3n) is 1.73. The van der Waals surface area contributed by atoms with E-state index in [9.17, 15) is 13.2 Å². The van der Waals surface area contributed by atoms with E-state index < -0.39 is 11.7 Å². The molecule has 0 aliphatic rings. The predicted octanol–water partition coefficient (Wildman–Crippen LogP) is 3.45. The number of halogens is 4. The molecule has 2 aromatic heterocycles. The quantitative estimate of drug-likeness (QED) is 0.727. The minimum atomic E-state index is -4.38. The van der Waals surface area contributed by atoms with Gasteiger partial charge in [0, 0.05) is 6.20 Å². The van der Waals surface area contributed by atoms with Crippen LogP contribution < -0.4 is 0 Å². The molecule has 0 atom stereocenters. The van der Waals surface area contributed by atoms with Crippen LogP contribution in [0.4, 0.5) is 13.2 Å². The molecule has 0 fully saturated rings. The number of hydrogen-bond donors (Lipinski definition) is 0. The van der Waals surface area contributed by atoms with E-state index in [0.29, 0.717) is 9.84 Å². The monoisotopic (exact) mass is 252 g/mol. The highest BCUT2D eigenvalue weighted by Gasteiger charge is 2.31. The molecule has 15 heavy (non-hydrogen) atoms. The second-order valence-corrected chi connectivity index (χ2v) is 4.12. The molecule has 0 aliphatic heterocycles. The van der Waals surface area contributed by atoms with Gasteiger partial charge >= 0.3 is 6.18 Å². The Bertz CT molecular complexity index is 494. The molecule has 2 nitrogen and oxygen atoms in total. The van der Waals surface area contributed by atoms with Crippen LogP contribution in [0, 0.1) is 0 Å². The molecular formula is C8H4ClF3N2S. The topological polar surface area (TPSA) is 25.8 Å². The van der Waals surface area contributed by atoms with Gasteiger partial charge in [0.1, 0.15) is 15.4 Å². The van der Waals surface area contributed by atoms with Crippen molar-refractivity contribution < 1.29 is 13.2 Å². The molecule has 0 aromatic carbocycles. The van der Waals surface area contributed by atoms with Crippen LogP contribution in [0.1, 0.15) is 10.6 Å². The third kappa shape index (κ3) is 2.05. The van der Waals surface area contributed by atoms with Crippen LogP contribution in [-0.2, 0) is 12.1 Å². The summed E-state index contributed by atoms with van der Waals surface area (Å²) >= 11 is 6.72. The SMILES string of the molecule is FC(F)(F)c1cnc2sc(CCl)nc2c1. The first kappa shape index (κ1) is 10.6. The molecule has 80 valence electrons. The Labute approximate surface area is 91.7 Å². The molecule has 0 bridgehead atoms. The van der Waals surface area contributed by atoms with Gasteiger partial charge in [-0.15, -0.1) is 11.6 Å². The second kappa shape index (κ2) is 3.61. The zero-order valence-electron chi connectivity index (χ0n) is 7.18. The van der Waals surface area contributed by atoms with Gasteiger partial charge in [-0.05, 0) is 6.07 Å². The lowest BCUT2D eigenvalue weighted by Crippen LogP contribution is -2.04. The van der Waals surface area contributed by atoms with Crippen LogP contribution >= 0.6 is 22.9 Å². The molecule has 0 spiro atoms. The van der Waals surface area contributed by atoms with Gasteiger partial charge in [-0.25, -0.2) is 9.97 Å². The summed E-state index contributed by atoms with van der Waals surface area (Å²) in [5.41, 5.74) is -0.549. The molecule has 0 saturated heterocycles. The summed E-state index contributed by atoms with van der Waals surface area (Å²) in [6, 6.07) is 0.981. The highest BCUT2D eigenvalue weighted by Crippen LogP contribution is 2.31. The van der Waals surface area contributed by atoms with E-state index in [1.807, 2.05) is 0 Å². The molecule has 0 unspecified atom stereocenters. The third-order valence-corrected chi connectivity index (χ3v) is 3.12. The Morgan fingerprint density at radius 2 is 2.13 bits per heavy atom. The fourth-order valence-electron chi connectivity index (χ4n) is 1.08. The number of nitrogens with zero attached hydrogens (tertiary/aromatic N) is 2. The Kier molecular flexibility index (Phi) is 2.56. The van der Waals surface area contributed by atoms with Crippen molar-refractivity contribution in [3.63, 3.8) is 0 Å². The first-order valence-electron chi connectivity index (χ1n) is 3.89. The Hall–Kier alpha value is -0.880. The van der Waals surface area contributed by atoms with E-state index in [0.717, 1.165) is 12.3 Å². The van der Waals surface area contributed by atoms with Crippen molar-refractivity contribution >= 4 is 33.3 Å². The Morgan fingerprint density at radius 1 is 1.40 bits per heavy atom. The number of rotatable bonds is 1. The maximum atomic E-state index is 12.3. The summed E-state index contributed by atoms with van der Waals surface area (Å²) in [6.45, 7) is 0. The standard InChI is InChI=1S/C8H4ClF3N2S/c9-2-6-14-5-1-4(8(10,11)12)3-13-7(5)15-6/h1,3H,2H2. The van der Waals surface area contributed by atoms with Crippen LogP contribution in [0.15, 0.2) is 12.3 Å². The van der Waals surface area contributed by atoms with Crippen LogP contribution in [0.25, 0.3) is 10.3 Å². The smallest absolute Gasteiger partial charge is 0.243 e. The number of thiazole rings is 1. The van der Waals surface area contributed by atoms with Gasteiger partial charge in [0.05, 0.1) is 11.4 Å². The molecule has 2 rings (SSSR count). The van der Waals surface area contributed by atoms with Crippen molar-refractivity contribution in [3.8, 4) is 0 Å². The number of aromatic nitrogens is 2. The van der Waals surface area contributed by atoms with Crippen molar-refractivity contribution in [3.05, 3.63) is 22.8 Å². The summed E-state index contributed by atoms with van der Waals surface area (Å²) < 4.78 is 36.9. The maximum Gasteiger partial charge on any atom is 0.417 e. The van der Waals surface area contributed by atoms with Gasteiger partial charge < -0.3 is 0 Å². The summed E-state index contributed by atoms with van der Waals surface area (Å²) in [6.07, 6.45) is -3.58. The highest BCUT2D eigenvalue weighted by atomic mass is 35.5. The molecule has 7 heteroatoms. The molecule has 0 radical (unpaired) electrons. The highest BCUT2D eigenvalue weighted by molar-refractivity contribution is 7.18. The molecule has 0 aliphatic carbocycles. The molecule has 2 heterocycles. The van der Waals surface area contributed by atoms with Crippen LogP contribution in [0.2, 0.25) is 0 Å². The number of fused-ring (bicyclic) bond motifs is 1. The van der Waals surface area contributed by atoms with Gasteiger partial charge in [-0.3, -0.25) is 0 Å². The van der Waals surface area contributed by atoms with Crippen molar-refractivity contribution in [1.82, 2.24) is 9.97 Å². The van der Waals surface area contributed by atoms with Crippen molar-refractivity contribution in [2.45, 2.75) is 12.1 Å². The fraction of sp³-hybridized carbons (Fsp3) is 0.250. The van der Waals surface area contributed by atoms with Crippen LogP contribution in [0.5, 0.6) is 0 Å². The average Bonchev–Trinajstić information content (AvgIpc) is 2.57. The molecular weight excluding hydrogens is 249 g/mol. The van der Waals surface area contributed by atoms with Gasteiger partial charge in [0.2, 0.25) is 0 Å². The van der Waals surface area contributed by atoms with E-state index in [1.54, 1.807) is 0 Å². The molecule has 0 saturated carbocycles. The van der Waals surface area contributed by atoms with Crippen molar-refractivity contribution in [2.75, 3.05) is 0 Å². The van der Waals surface area contributed by atoms with E-state index in [2.05, 4.69) is 9.97 Å². The average molecular weight is 253 g/mol. The van der Waals surface area contributed by atoms with Gasteiger partial charge in [0.25, 0.3) is 0 Å². The van der Waals surface area contributed by atoms with E-state index in [-0.39, 0.29) is 11.4 Å². The lowest BCUT2D eigenvalue weighted by molar-refractivity contribution is -0.137. The van der Waals surface area contributed by atoms with Crippen molar-refractivity contribution in [2.24, 2.45) is 0 Å². The lowest BCUT2D eigenvalue weighted by Gasteiger charge is -2.04. The first-order valence-corrected chi connectivity index (χ1v) is 5.24. The minimum absolute atomic E-state index is 0.183. The maximum absolute atomic E-state index is 12.3.